The molecule has 0 unspecified atom stereocenters. The van der Waals surface area contributed by atoms with E-state index < -0.39 is 17.7 Å². The van der Waals surface area contributed by atoms with E-state index in [1.54, 1.807) is 7.11 Å². The van der Waals surface area contributed by atoms with E-state index in [0.29, 0.717) is 0 Å². The van der Waals surface area contributed by atoms with Crippen molar-refractivity contribution in [3.05, 3.63) is 53.6 Å². The Bertz CT molecular complexity index is 1050. The number of urea groups is 1. The summed E-state index contributed by atoms with van der Waals surface area (Å²) in [6, 6.07) is 9.39. The van der Waals surface area contributed by atoms with Gasteiger partial charge in [0.05, 0.1) is 13.2 Å². The van der Waals surface area contributed by atoms with E-state index in [0.717, 1.165) is 55.9 Å². The van der Waals surface area contributed by atoms with Gasteiger partial charge < -0.3 is 25.0 Å². The summed E-state index contributed by atoms with van der Waals surface area (Å²) in [6.07, 6.45) is 3.62. The summed E-state index contributed by atoms with van der Waals surface area (Å²) in [7, 11) is 3.78. The normalized spacial score (nSPS) is 24.6. The number of fused-ring (bicyclic) bond motifs is 1. The Morgan fingerprint density at radius 3 is 2.62 bits per heavy atom. The molecule has 2 aromatic rings. The van der Waals surface area contributed by atoms with Gasteiger partial charge in [-0.25, -0.2) is 13.6 Å². The van der Waals surface area contributed by atoms with E-state index in [-0.39, 0.29) is 29.3 Å². The average molecular weight is 474 g/mol. The minimum atomic E-state index is -0.992. The number of rotatable bonds is 6. The topological polar surface area (TPSA) is 62.8 Å². The maximum Gasteiger partial charge on any atom is 0.319 e. The van der Waals surface area contributed by atoms with Crippen LogP contribution in [0.3, 0.4) is 0 Å². The van der Waals surface area contributed by atoms with Crippen molar-refractivity contribution < 1.29 is 23.0 Å². The Hall–Kier alpha value is -2.87. The first-order chi connectivity index (χ1) is 16.2. The minimum absolute atomic E-state index is 0.0198. The van der Waals surface area contributed by atoms with Gasteiger partial charge in [0.25, 0.3) is 0 Å². The second-order valence-corrected chi connectivity index (χ2v) is 9.63. The lowest BCUT2D eigenvalue weighted by Gasteiger charge is -2.45. The van der Waals surface area contributed by atoms with Crippen LogP contribution in [0.25, 0.3) is 0 Å². The predicted molar refractivity (Wildman–Crippen MR) is 128 cm³/mol. The van der Waals surface area contributed by atoms with Crippen LogP contribution in [0.2, 0.25) is 0 Å². The van der Waals surface area contributed by atoms with Crippen LogP contribution in [0.5, 0.6) is 11.5 Å². The lowest BCUT2D eigenvalue weighted by Crippen LogP contribution is -2.52. The standard InChI is InChI=1S/C26H33F2N3O3/c1-16(2)34-23-13-17(5-8-22(23)33-4)26-10-9-19(15-24(26)31(3)12-11-26)30-25(32)29-18-6-7-20(27)21(28)14-18/h5-8,13-14,16,19,24H,9-12,15H2,1-4H3,(H2,29,30,32)/t19-,24+,26+/m1/s1. The second-order valence-electron chi connectivity index (χ2n) is 9.63. The molecule has 2 amide bonds. The molecule has 4 rings (SSSR count). The predicted octanol–water partition coefficient (Wildman–Crippen LogP) is 5.08. The largest absolute Gasteiger partial charge is 0.493 e. The van der Waals surface area contributed by atoms with E-state index in [1.807, 2.05) is 19.9 Å². The highest BCUT2D eigenvalue weighted by Crippen LogP contribution is 2.50. The van der Waals surface area contributed by atoms with E-state index >= 15 is 0 Å². The molecule has 34 heavy (non-hydrogen) atoms. The molecule has 1 heterocycles. The SMILES string of the molecule is COc1ccc([C@@]23CC[C@@H](NC(=O)Nc4ccc(F)c(F)c4)C[C@@H]2N(C)CC3)cc1OC(C)C. The molecule has 1 saturated carbocycles. The van der Waals surface area contributed by atoms with Gasteiger partial charge >= 0.3 is 6.03 Å². The van der Waals surface area contributed by atoms with Gasteiger partial charge in [-0.3, -0.25) is 0 Å². The summed E-state index contributed by atoms with van der Waals surface area (Å²) in [6.45, 7) is 4.97. The molecule has 2 fully saturated rings. The Morgan fingerprint density at radius 2 is 1.91 bits per heavy atom. The van der Waals surface area contributed by atoms with Gasteiger partial charge in [-0.1, -0.05) is 6.07 Å². The number of halogens is 2. The van der Waals surface area contributed by atoms with Crippen LogP contribution in [0, 0.1) is 11.6 Å². The van der Waals surface area contributed by atoms with Crippen LogP contribution in [0.4, 0.5) is 19.3 Å². The fraction of sp³-hybridized carbons (Fsp3) is 0.500. The zero-order chi connectivity index (χ0) is 24.5. The molecule has 6 nitrogen and oxygen atoms in total. The molecule has 3 atom stereocenters. The zero-order valence-corrected chi connectivity index (χ0v) is 20.2. The van der Waals surface area contributed by atoms with Crippen LogP contribution < -0.4 is 20.1 Å². The minimum Gasteiger partial charge on any atom is -0.493 e. The number of methoxy groups -OCH3 is 1. The number of nitrogens with zero attached hydrogens (tertiary/aromatic N) is 1. The van der Waals surface area contributed by atoms with E-state index in [9.17, 15) is 13.6 Å². The van der Waals surface area contributed by atoms with Gasteiger partial charge in [0.1, 0.15) is 0 Å². The number of hydrogen-bond acceptors (Lipinski definition) is 4. The third-order valence-corrected chi connectivity index (χ3v) is 7.14. The Morgan fingerprint density at radius 1 is 1.12 bits per heavy atom. The molecule has 1 aliphatic carbocycles. The Balaban J connectivity index is 1.49. The van der Waals surface area contributed by atoms with Crippen molar-refractivity contribution in [1.82, 2.24) is 10.2 Å². The van der Waals surface area contributed by atoms with Crippen LogP contribution in [0.1, 0.15) is 45.1 Å². The Kier molecular flexibility index (Phi) is 6.98. The molecule has 0 bridgehead atoms. The van der Waals surface area contributed by atoms with Crippen molar-refractivity contribution in [2.45, 2.75) is 63.1 Å². The first-order valence-electron chi connectivity index (χ1n) is 11.8. The molecule has 184 valence electrons. The fourth-order valence-corrected chi connectivity index (χ4v) is 5.51. The molecule has 2 N–H and O–H groups in total. The quantitative estimate of drug-likeness (QED) is 0.615. The number of benzene rings is 2. The van der Waals surface area contributed by atoms with Crippen LogP contribution in [0.15, 0.2) is 36.4 Å². The van der Waals surface area contributed by atoms with Crippen LogP contribution >= 0.6 is 0 Å². The molecule has 0 aromatic heterocycles. The van der Waals surface area contributed by atoms with Crippen molar-refractivity contribution in [2.24, 2.45) is 0 Å². The maximum absolute atomic E-state index is 13.5. The number of carbonyl (C=O) groups excluding carboxylic acids is 1. The number of nitrogens with one attached hydrogen (secondary N) is 2. The van der Waals surface area contributed by atoms with Crippen LogP contribution in [-0.4, -0.2) is 49.8 Å². The van der Waals surface area contributed by atoms with E-state index in [4.69, 9.17) is 9.47 Å². The van der Waals surface area contributed by atoms with E-state index in [1.165, 1.54) is 11.6 Å². The van der Waals surface area contributed by atoms with Gasteiger partial charge in [0.2, 0.25) is 0 Å². The maximum atomic E-state index is 13.5. The van der Waals surface area contributed by atoms with Crippen molar-refractivity contribution in [1.29, 1.82) is 0 Å². The lowest BCUT2D eigenvalue weighted by atomic mass is 9.65. The van der Waals surface area contributed by atoms with Crippen LogP contribution in [-0.2, 0) is 5.41 Å². The molecule has 0 spiro atoms. The number of likely N-dealkylation sites (N-methyl/N-ethyl adjacent to an activating group) is 1. The monoisotopic (exact) mass is 473 g/mol. The van der Waals surface area contributed by atoms with Gasteiger partial charge in [-0.05, 0) is 83.0 Å². The zero-order valence-electron chi connectivity index (χ0n) is 20.2. The highest BCUT2D eigenvalue weighted by molar-refractivity contribution is 5.89. The first kappa shape index (κ1) is 24.3. The number of carbonyl (C=O) groups is 1. The number of ether oxygens (including phenoxy) is 2. The smallest absolute Gasteiger partial charge is 0.319 e. The molecular formula is C26H33F2N3O3. The van der Waals surface area contributed by atoms with Crippen molar-refractivity contribution in [3.8, 4) is 11.5 Å². The molecule has 1 saturated heterocycles. The number of likely N-dealkylation sites (tertiary alicyclic amines) is 1. The van der Waals surface area contributed by atoms with Crippen molar-refractivity contribution >= 4 is 11.7 Å². The number of hydrogen-bond donors (Lipinski definition) is 2. The molecule has 0 radical (unpaired) electrons. The molecule has 2 aliphatic rings. The van der Waals surface area contributed by atoms with Crippen molar-refractivity contribution in [2.75, 3.05) is 26.0 Å². The third kappa shape index (κ3) is 4.82. The molecular weight excluding hydrogens is 440 g/mol. The second kappa shape index (κ2) is 9.78. The summed E-state index contributed by atoms with van der Waals surface area (Å²) >= 11 is 0. The first-order valence-corrected chi connectivity index (χ1v) is 11.8. The fourth-order valence-electron chi connectivity index (χ4n) is 5.51. The van der Waals surface area contributed by atoms with Gasteiger partial charge in [0.15, 0.2) is 23.1 Å². The summed E-state index contributed by atoms with van der Waals surface area (Å²) in [4.78, 5) is 14.9. The summed E-state index contributed by atoms with van der Waals surface area (Å²) in [5.74, 6) is -0.461. The summed E-state index contributed by atoms with van der Waals surface area (Å²) in [5.41, 5.74) is 1.43. The Labute approximate surface area is 199 Å². The van der Waals surface area contributed by atoms with Gasteiger partial charge in [-0.2, -0.15) is 0 Å². The van der Waals surface area contributed by atoms with Crippen molar-refractivity contribution in [3.63, 3.8) is 0 Å². The lowest BCUT2D eigenvalue weighted by molar-refractivity contribution is 0.155. The highest BCUT2D eigenvalue weighted by Gasteiger charge is 2.50. The molecule has 2 aromatic carbocycles. The number of anilines is 1. The van der Waals surface area contributed by atoms with Gasteiger partial charge in [-0.15, -0.1) is 0 Å². The average Bonchev–Trinajstić information content (AvgIpc) is 3.13. The molecule has 1 aliphatic heterocycles. The van der Waals surface area contributed by atoms with E-state index in [2.05, 4.69) is 34.7 Å². The summed E-state index contributed by atoms with van der Waals surface area (Å²) < 4.78 is 38.2. The molecule has 8 heteroatoms. The third-order valence-electron chi connectivity index (χ3n) is 7.14. The van der Waals surface area contributed by atoms with Gasteiger partial charge in [0, 0.05) is 29.3 Å². The summed E-state index contributed by atoms with van der Waals surface area (Å²) in [5, 5.41) is 5.63. The highest BCUT2D eigenvalue weighted by atomic mass is 19.2. The number of amides is 2.